The van der Waals surface area contributed by atoms with Gasteiger partial charge in [-0.05, 0) is 12.8 Å². The summed E-state index contributed by atoms with van der Waals surface area (Å²) in [5.41, 5.74) is 0.886. The first-order valence-electron chi connectivity index (χ1n) is 4.90. The number of nitrogens with zero attached hydrogens (tertiary/aromatic N) is 2. The summed E-state index contributed by atoms with van der Waals surface area (Å²) in [6.45, 7) is 0. The van der Waals surface area contributed by atoms with E-state index in [9.17, 15) is 4.79 Å². The van der Waals surface area contributed by atoms with Crippen molar-refractivity contribution in [1.82, 2.24) is 9.78 Å². The molecule has 1 aromatic heterocycles. The Labute approximate surface area is 88.1 Å². The van der Waals surface area contributed by atoms with E-state index in [1.807, 2.05) is 7.05 Å². The third-order valence-electron chi connectivity index (χ3n) is 2.82. The normalized spacial score (nSPS) is 22.7. The van der Waals surface area contributed by atoms with Crippen molar-refractivity contribution in [2.24, 2.45) is 7.05 Å². The van der Waals surface area contributed by atoms with Gasteiger partial charge in [-0.3, -0.25) is 9.48 Å². The Bertz CT molecular complexity index is 340. The molecule has 1 fully saturated rings. The van der Waals surface area contributed by atoms with Crippen LogP contribution in [0.4, 0.5) is 0 Å². The average molecular weight is 213 g/mol. The summed E-state index contributed by atoms with van der Waals surface area (Å²) < 4.78 is 1.72. The summed E-state index contributed by atoms with van der Waals surface area (Å²) in [5, 5.41) is 4.68. The maximum Gasteiger partial charge on any atom is 0.141 e. The molecule has 1 saturated carbocycles. The minimum atomic E-state index is -0.0243. The standard InChI is InChI=1S/C10H13ClN2O/c1-13-10(8(11)6-12-13)7-4-2-3-5-9(7)14/h6-7H,2-5H2,1H3. The third-order valence-corrected chi connectivity index (χ3v) is 3.11. The molecule has 3 nitrogen and oxygen atoms in total. The van der Waals surface area contributed by atoms with Crippen LogP contribution in [0.25, 0.3) is 0 Å². The molecule has 1 aliphatic rings. The molecule has 1 unspecified atom stereocenters. The van der Waals surface area contributed by atoms with Gasteiger partial charge in [-0.1, -0.05) is 18.0 Å². The third kappa shape index (κ3) is 1.57. The lowest BCUT2D eigenvalue weighted by atomic mass is 9.85. The smallest absolute Gasteiger partial charge is 0.141 e. The van der Waals surface area contributed by atoms with Crippen LogP contribution in [-0.2, 0) is 11.8 Å². The monoisotopic (exact) mass is 212 g/mol. The van der Waals surface area contributed by atoms with E-state index < -0.39 is 0 Å². The number of aryl methyl sites for hydroxylation is 1. The molecule has 0 aliphatic heterocycles. The summed E-state index contributed by atoms with van der Waals surface area (Å²) in [4.78, 5) is 11.7. The van der Waals surface area contributed by atoms with Crippen LogP contribution in [0, 0.1) is 0 Å². The topological polar surface area (TPSA) is 34.9 Å². The molecule has 2 rings (SSSR count). The van der Waals surface area contributed by atoms with Gasteiger partial charge in [0.25, 0.3) is 0 Å². The summed E-state index contributed by atoms with van der Waals surface area (Å²) in [6, 6.07) is 0. The number of aromatic nitrogens is 2. The fraction of sp³-hybridized carbons (Fsp3) is 0.600. The molecule has 0 spiro atoms. The Hall–Kier alpha value is -0.830. The first kappa shape index (κ1) is 9.71. The highest BCUT2D eigenvalue weighted by Crippen LogP contribution is 2.33. The fourth-order valence-corrected chi connectivity index (χ4v) is 2.38. The van der Waals surface area contributed by atoms with E-state index >= 15 is 0 Å². The molecule has 0 aromatic carbocycles. The van der Waals surface area contributed by atoms with E-state index in [4.69, 9.17) is 11.6 Å². The van der Waals surface area contributed by atoms with Crippen LogP contribution in [0.3, 0.4) is 0 Å². The van der Waals surface area contributed by atoms with Gasteiger partial charge in [-0.25, -0.2) is 0 Å². The second kappa shape index (κ2) is 3.73. The fourth-order valence-electron chi connectivity index (χ4n) is 2.08. The van der Waals surface area contributed by atoms with E-state index in [0.717, 1.165) is 25.0 Å². The largest absolute Gasteiger partial charge is 0.299 e. The van der Waals surface area contributed by atoms with Crippen LogP contribution in [0.5, 0.6) is 0 Å². The predicted octanol–water partition coefficient (Wildman–Crippen LogP) is 2.30. The Morgan fingerprint density at radius 3 is 2.93 bits per heavy atom. The molecule has 1 heterocycles. The van der Waals surface area contributed by atoms with Gasteiger partial charge in [0.05, 0.1) is 22.8 Å². The van der Waals surface area contributed by atoms with Gasteiger partial charge >= 0.3 is 0 Å². The van der Waals surface area contributed by atoms with E-state index in [0.29, 0.717) is 17.2 Å². The molecular weight excluding hydrogens is 200 g/mol. The van der Waals surface area contributed by atoms with Crippen LogP contribution >= 0.6 is 11.6 Å². The van der Waals surface area contributed by atoms with Crippen molar-refractivity contribution < 1.29 is 4.79 Å². The quantitative estimate of drug-likeness (QED) is 0.716. The van der Waals surface area contributed by atoms with Crippen LogP contribution in [-0.4, -0.2) is 15.6 Å². The zero-order chi connectivity index (χ0) is 10.1. The summed E-state index contributed by atoms with van der Waals surface area (Å²) in [7, 11) is 1.84. The van der Waals surface area contributed by atoms with Crippen molar-refractivity contribution in [2.45, 2.75) is 31.6 Å². The van der Waals surface area contributed by atoms with Crippen LogP contribution in [0.2, 0.25) is 5.02 Å². The number of halogens is 1. The van der Waals surface area contributed by atoms with Crippen molar-refractivity contribution in [3.63, 3.8) is 0 Å². The minimum Gasteiger partial charge on any atom is -0.299 e. The van der Waals surface area contributed by atoms with Crippen molar-refractivity contribution >= 4 is 17.4 Å². The number of hydrogen-bond acceptors (Lipinski definition) is 2. The SMILES string of the molecule is Cn1ncc(Cl)c1C1CCCCC1=O. The number of hydrogen-bond donors (Lipinski definition) is 0. The highest BCUT2D eigenvalue weighted by atomic mass is 35.5. The molecule has 1 atom stereocenters. The van der Waals surface area contributed by atoms with Gasteiger partial charge in [0.15, 0.2) is 0 Å². The molecule has 4 heteroatoms. The molecule has 0 saturated heterocycles. The molecular formula is C10H13ClN2O. The molecule has 0 radical (unpaired) electrons. The zero-order valence-corrected chi connectivity index (χ0v) is 8.92. The van der Waals surface area contributed by atoms with Gasteiger partial charge in [0, 0.05) is 13.5 Å². The molecule has 1 aromatic rings. The average Bonchev–Trinajstić information content (AvgIpc) is 2.48. The van der Waals surface area contributed by atoms with E-state index in [-0.39, 0.29) is 5.92 Å². The van der Waals surface area contributed by atoms with Crippen molar-refractivity contribution in [2.75, 3.05) is 0 Å². The van der Waals surface area contributed by atoms with Crippen LogP contribution < -0.4 is 0 Å². The second-order valence-electron chi connectivity index (χ2n) is 3.77. The van der Waals surface area contributed by atoms with Gasteiger partial charge in [-0.15, -0.1) is 0 Å². The lowest BCUT2D eigenvalue weighted by Crippen LogP contribution is -2.19. The second-order valence-corrected chi connectivity index (χ2v) is 4.17. The Kier molecular flexibility index (Phi) is 2.59. The summed E-state index contributed by atoms with van der Waals surface area (Å²) in [5.74, 6) is 0.283. The van der Waals surface area contributed by atoms with Crippen molar-refractivity contribution in [1.29, 1.82) is 0 Å². The summed E-state index contributed by atoms with van der Waals surface area (Å²) >= 11 is 6.01. The van der Waals surface area contributed by atoms with Gasteiger partial charge in [0.2, 0.25) is 0 Å². The van der Waals surface area contributed by atoms with Crippen molar-refractivity contribution in [3.8, 4) is 0 Å². The molecule has 1 aliphatic carbocycles. The predicted molar refractivity (Wildman–Crippen MR) is 54.4 cm³/mol. The number of carbonyl (C=O) groups is 1. The van der Waals surface area contributed by atoms with E-state index in [1.165, 1.54) is 0 Å². The lowest BCUT2D eigenvalue weighted by molar-refractivity contribution is -0.122. The lowest BCUT2D eigenvalue weighted by Gasteiger charge is -2.20. The highest BCUT2D eigenvalue weighted by molar-refractivity contribution is 6.31. The van der Waals surface area contributed by atoms with Gasteiger partial charge < -0.3 is 0 Å². The summed E-state index contributed by atoms with van der Waals surface area (Å²) in [6.07, 6.45) is 5.34. The molecule has 0 N–H and O–H groups in total. The first-order chi connectivity index (χ1) is 6.70. The maximum absolute atomic E-state index is 11.7. The molecule has 0 bridgehead atoms. The number of rotatable bonds is 1. The maximum atomic E-state index is 11.7. The Morgan fingerprint density at radius 2 is 2.36 bits per heavy atom. The van der Waals surface area contributed by atoms with Gasteiger partial charge in [0.1, 0.15) is 5.78 Å². The van der Waals surface area contributed by atoms with Crippen LogP contribution in [0.15, 0.2) is 6.20 Å². The number of Topliss-reactive ketones (excluding diaryl/α,β-unsaturated/α-hetero) is 1. The molecule has 14 heavy (non-hydrogen) atoms. The Morgan fingerprint density at radius 1 is 1.57 bits per heavy atom. The zero-order valence-electron chi connectivity index (χ0n) is 8.16. The molecule has 0 amide bonds. The van der Waals surface area contributed by atoms with Gasteiger partial charge in [-0.2, -0.15) is 5.10 Å². The molecule has 76 valence electrons. The minimum absolute atomic E-state index is 0.0243. The van der Waals surface area contributed by atoms with Crippen molar-refractivity contribution in [3.05, 3.63) is 16.9 Å². The highest BCUT2D eigenvalue weighted by Gasteiger charge is 2.28. The van der Waals surface area contributed by atoms with Crippen LogP contribution in [0.1, 0.15) is 37.3 Å². The first-order valence-corrected chi connectivity index (χ1v) is 5.28. The number of carbonyl (C=O) groups excluding carboxylic acids is 1. The number of ketones is 1. The van der Waals surface area contributed by atoms with E-state index in [2.05, 4.69) is 5.10 Å². The van der Waals surface area contributed by atoms with E-state index in [1.54, 1.807) is 10.9 Å². The Balaban J connectivity index is 2.33.